The maximum absolute atomic E-state index is 13.6. The topological polar surface area (TPSA) is 119 Å². The molecule has 2 fully saturated rings. The van der Waals surface area contributed by atoms with Crippen molar-refractivity contribution in [2.24, 2.45) is 0 Å². The van der Waals surface area contributed by atoms with Crippen LogP contribution in [0.3, 0.4) is 0 Å². The van der Waals surface area contributed by atoms with Crippen molar-refractivity contribution in [1.82, 2.24) is 19.2 Å². The molecule has 1 amide bonds. The summed E-state index contributed by atoms with van der Waals surface area (Å²) in [5.41, 5.74) is 0.708. The van der Waals surface area contributed by atoms with Gasteiger partial charge in [-0.15, -0.1) is 0 Å². The number of amides is 1. The second-order valence-corrected chi connectivity index (χ2v) is 12.1. The molecule has 4 rings (SSSR count). The number of thioether (sulfide) groups is 1. The Labute approximate surface area is 250 Å². The van der Waals surface area contributed by atoms with Crippen molar-refractivity contribution in [2.75, 3.05) is 50.8 Å². The number of aliphatic hydroxyl groups excluding tert-OH is 1. The first-order valence-corrected chi connectivity index (χ1v) is 15.7. The summed E-state index contributed by atoms with van der Waals surface area (Å²) in [7, 11) is 0. The maximum atomic E-state index is 13.6. The van der Waals surface area contributed by atoms with Crippen molar-refractivity contribution >= 4 is 57.7 Å². The zero-order valence-electron chi connectivity index (χ0n) is 23.4. The van der Waals surface area contributed by atoms with Gasteiger partial charge in [-0.25, -0.2) is 4.98 Å². The number of hydrogen-bond donors (Lipinski definition) is 2. The fraction of sp³-hybridized carbons (Fsp3) is 0.552. The molecule has 4 heterocycles. The highest BCUT2D eigenvalue weighted by Crippen LogP contribution is 2.34. The molecule has 41 heavy (non-hydrogen) atoms. The molecule has 0 atom stereocenters. The van der Waals surface area contributed by atoms with E-state index in [2.05, 4.69) is 9.80 Å². The zero-order chi connectivity index (χ0) is 29.2. The van der Waals surface area contributed by atoms with Crippen molar-refractivity contribution in [3.8, 4) is 0 Å². The van der Waals surface area contributed by atoms with Crippen LogP contribution in [0, 0.1) is 0 Å². The van der Waals surface area contributed by atoms with Crippen molar-refractivity contribution in [1.29, 1.82) is 0 Å². The minimum Gasteiger partial charge on any atom is -0.481 e. The zero-order valence-corrected chi connectivity index (χ0v) is 25.0. The highest BCUT2D eigenvalue weighted by Gasteiger charge is 2.33. The van der Waals surface area contributed by atoms with Gasteiger partial charge in [-0.2, -0.15) is 0 Å². The highest BCUT2D eigenvalue weighted by atomic mass is 32.2. The van der Waals surface area contributed by atoms with E-state index >= 15 is 0 Å². The van der Waals surface area contributed by atoms with Crippen LogP contribution in [0.15, 0.2) is 34.1 Å². The van der Waals surface area contributed by atoms with E-state index in [4.69, 9.17) is 22.3 Å². The fourth-order valence-corrected chi connectivity index (χ4v) is 6.50. The number of thiocarbonyl (C=S) groups is 1. The Bertz CT molecular complexity index is 1320. The van der Waals surface area contributed by atoms with E-state index < -0.39 is 5.97 Å². The molecule has 2 aliphatic heterocycles. The van der Waals surface area contributed by atoms with Gasteiger partial charge in [0.2, 0.25) is 0 Å². The molecule has 0 bridgehead atoms. The second-order valence-electron chi connectivity index (χ2n) is 10.4. The highest BCUT2D eigenvalue weighted by molar-refractivity contribution is 8.26. The number of β-amino-alcohol motifs (C(OH)–C–C–N with tert-alkyl or cyclic N) is 1. The van der Waals surface area contributed by atoms with Gasteiger partial charge in [-0.05, 0) is 31.1 Å². The molecule has 2 N–H and O–H groups in total. The summed E-state index contributed by atoms with van der Waals surface area (Å²) < 4.78 is 2.01. The van der Waals surface area contributed by atoms with Crippen molar-refractivity contribution in [3.05, 3.63) is 45.2 Å². The van der Waals surface area contributed by atoms with Crippen molar-refractivity contribution in [2.45, 2.75) is 57.8 Å². The standard InChI is InChI=1S/C29H39N5O5S2/c35-20-19-31-15-17-32(18-16-31)26-22(27(38)33-13-10-8-11-24(33)30-26)21-23-28(39)34(29(40)41-23)14-9-6-4-2-1-3-5-7-12-25(36)37/h8,10-11,13,21,35H,1-7,9,12,14-20H2,(H,36,37)/b23-21+. The van der Waals surface area contributed by atoms with E-state index in [0.29, 0.717) is 52.4 Å². The maximum Gasteiger partial charge on any atom is 0.303 e. The number of unbranched alkanes of at least 4 members (excludes halogenated alkanes) is 7. The number of hydrogen-bond acceptors (Lipinski definition) is 9. The van der Waals surface area contributed by atoms with Gasteiger partial charge in [-0.1, -0.05) is 68.6 Å². The van der Waals surface area contributed by atoms with Gasteiger partial charge in [0.05, 0.1) is 17.1 Å². The molecule has 2 aromatic rings. The van der Waals surface area contributed by atoms with Gasteiger partial charge in [0.25, 0.3) is 11.5 Å². The Morgan fingerprint density at radius 1 is 0.976 bits per heavy atom. The molecular weight excluding hydrogens is 562 g/mol. The first-order valence-electron chi connectivity index (χ1n) is 14.5. The summed E-state index contributed by atoms with van der Waals surface area (Å²) >= 11 is 6.78. The Hall–Kier alpha value is -2.80. The van der Waals surface area contributed by atoms with Crippen LogP contribution in [0.1, 0.15) is 63.4 Å². The van der Waals surface area contributed by atoms with Crippen LogP contribution in [-0.2, 0) is 9.59 Å². The number of aromatic nitrogens is 2. The Morgan fingerprint density at radius 2 is 1.66 bits per heavy atom. The first-order chi connectivity index (χ1) is 19.9. The van der Waals surface area contributed by atoms with Crippen LogP contribution in [-0.4, -0.2) is 91.5 Å². The minimum absolute atomic E-state index is 0.110. The third-order valence-corrected chi connectivity index (χ3v) is 8.89. The molecule has 12 heteroatoms. The molecule has 2 aromatic heterocycles. The molecule has 2 aliphatic rings. The van der Waals surface area contributed by atoms with E-state index in [1.54, 1.807) is 29.3 Å². The Morgan fingerprint density at radius 3 is 2.34 bits per heavy atom. The molecule has 10 nitrogen and oxygen atoms in total. The molecule has 0 radical (unpaired) electrons. The number of carbonyl (C=O) groups excluding carboxylic acids is 1. The number of carboxylic acids is 1. The van der Waals surface area contributed by atoms with Crippen LogP contribution >= 0.6 is 24.0 Å². The van der Waals surface area contributed by atoms with Gasteiger partial charge in [0, 0.05) is 51.9 Å². The number of piperazine rings is 1. The summed E-state index contributed by atoms with van der Waals surface area (Å²) in [4.78, 5) is 48.7. The monoisotopic (exact) mass is 601 g/mol. The Balaban J connectivity index is 1.39. The second kappa shape index (κ2) is 15.4. The van der Waals surface area contributed by atoms with Crippen molar-refractivity contribution < 1.29 is 19.8 Å². The largest absolute Gasteiger partial charge is 0.481 e. The third-order valence-electron chi connectivity index (χ3n) is 7.51. The number of anilines is 1. The quantitative estimate of drug-likeness (QED) is 0.178. The lowest BCUT2D eigenvalue weighted by atomic mass is 10.1. The first kappa shape index (κ1) is 31.1. The van der Waals surface area contributed by atoms with E-state index in [-0.39, 0.29) is 24.5 Å². The predicted octanol–water partition coefficient (Wildman–Crippen LogP) is 3.61. The van der Waals surface area contributed by atoms with E-state index in [1.807, 2.05) is 6.07 Å². The smallest absolute Gasteiger partial charge is 0.303 e. The summed E-state index contributed by atoms with van der Waals surface area (Å²) in [6.07, 6.45) is 11.4. The molecule has 0 saturated carbocycles. The van der Waals surface area contributed by atoms with Gasteiger partial charge < -0.3 is 15.1 Å². The van der Waals surface area contributed by atoms with E-state index in [1.165, 1.54) is 16.2 Å². The lowest BCUT2D eigenvalue weighted by molar-refractivity contribution is -0.137. The van der Waals surface area contributed by atoms with Crippen LogP contribution in [0.25, 0.3) is 11.7 Å². The predicted molar refractivity (Wildman–Crippen MR) is 166 cm³/mol. The fourth-order valence-electron chi connectivity index (χ4n) is 5.21. The minimum atomic E-state index is -0.731. The summed E-state index contributed by atoms with van der Waals surface area (Å²) in [6.45, 7) is 4.12. The summed E-state index contributed by atoms with van der Waals surface area (Å²) in [5, 5.41) is 18.0. The van der Waals surface area contributed by atoms with Gasteiger partial charge in [0.15, 0.2) is 0 Å². The van der Waals surface area contributed by atoms with Gasteiger partial charge >= 0.3 is 5.97 Å². The Kier molecular flexibility index (Phi) is 11.7. The molecule has 0 spiro atoms. The number of aliphatic hydroxyl groups is 1. The molecule has 222 valence electrons. The number of fused-ring (bicyclic) bond motifs is 1. The van der Waals surface area contributed by atoms with Crippen LogP contribution in [0.5, 0.6) is 0 Å². The number of carbonyl (C=O) groups is 2. The van der Waals surface area contributed by atoms with E-state index in [0.717, 1.165) is 64.5 Å². The summed E-state index contributed by atoms with van der Waals surface area (Å²) in [6, 6.07) is 5.43. The summed E-state index contributed by atoms with van der Waals surface area (Å²) in [5.74, 6) is -0.335. The van der Waals surface area contributed by atoms with Gasteiger partial charge in [0.1, 0.15) is 15.8 Å². The lowest BCUT2D eigenvalue weighted by Gasteiger charge is -2.35. The van der Waals surface area contributed by atoms with Gasteiger partial charge in [-0.3, -0.25) is 28.6 Å². The van der Waals surface area contributed by atoms with E-state index in [9.17, 15) is 19.5 Å². The van der Waals surface area contributed by atoms with Crippen LogP contribution < -0.4 is 10.5 Å². The SMILES string of the molecule is O=C(O)CCCCCCCCCCN1C(=O)/C(=C\c2c(N3CCN(CCO)CC3)nc3ccccn3c2=O)SC1=S. The molecule has 0 aliphatic carbocycles. The molecular formula is C29H39N5O5S2. The average Bonchev–Trinajstić information content (AvgIpc) is 3.23. The average molecular weight is 602 g/mol. The molecule has 0 unspecified atom stereocenters. The normalized spacial score (nSPS) is 17.3. The number of carboxylic acid groups (broad SMARTS) is 1. The number of nitrogens with zero attached hydrogens (tertiary/aromatic N) is 5. The number of pyridine rings is 1. The molecule has 0 aromatic carbocycles. The third kappa shape index (κ3) is 8.37. The number of rotatable bonds is 15. The lowest BCUT2D eigenvalue weighted by Crippen LogP contribution is -2.48. The van der Waals surface area contributed by atoms with Crippen molar-refractivity contribution in [3.63, 3.8) is 0 Å². The number of aliphatic carboxylic acids is 1. The van der Waals surface area contributed by atoms with Crippen LogP contribution in [0.4, 0.5) is 5.82 Å². The van der Waals surface area contributed by atoms with Crippen LogP contribution in [0.2, 0.25) is 0 Å². The molecule has 2 saturated heterocycles.